The average Bonchev–Trinajstić information content (AvgIpc) is 2.38. The summed E-state index contributed by atoms with van der Waals surface area (Å²) < 4.78 is 26.0. The van der Waals surface area contributed by atoms with Crippen LogP contribution in [0.15, 0.2) is 36.4 Å². The van der Waals surface area contributed by atoms with Gasteiger partial charge >= 0.3 is 0 Å². The van der Waals surface area contributed by atoms with Crippen molar-refractivity contribution in [1.82, 2.24) is 0 Å². The van der Waals surface area contributed by atoms with Crippen LogP contribution in [0.5, 0.6) is 0 Å². The first kappa shape index (κ1) is 14.7. The lowest BCUT2D eigenvalue weighted by Crippen LogP contribution is -2.25. The fourth-order valence-corrected chi connectivity index (χ4v) is 2.27. The third-order valence-corrected chi connectivity index (χ3v) is 3.55. The Morgan fingerprint density at radius 3 is 2.05 bits per heavy atom. The van der Waals surface area contributed by atoms with Gasteiger partial charge in [-0.2, -0.15) is 0 Å². The van der Waals surface area contributed by atoms with Gasteiger partial charge in [0, 0.05) is 6.04 Å². The van der Waals surface area contributed by atoms with Gasteiger partial charge in [-0.05, 0) is 61.1 Å². The molecule has 0 aromatic heterocycles. The molecule has 20 heavy (non-hydrogen) atoms. The Morgan fingerprint density at radius 1 is 0.850 bits per heavy atom. The van der Waals surface area contributed by atoms with Crippen molar-refractivity contribution in [2.24, 2.45) is 5.73 Å². The SMILES string of the molecule is Cc1ccc(CC(N)Cc2ccc(F)c(F)c2)cc1C. The third kappa shape index (κ3) is 3.64. The molecule has 0 saturated carbocycles. The summed E-state index contributed by atoms with van der Waals surface area (Å²) in [7, 11) is 0. The van der Waals surface area contributed by atoms with Gasteiger partial charge in [0.2, 0.25) is 0 Å². The second-order valence-electron chi connectivity index (χ2n) is 5.34. The lowest BCUT2D eigenvalue weighted by atomic mass is 9.97. The molecule has 1 unspecified atom stereocenters. The molecule has 2 rings (SSSR count). The van der Waals surface area contributed by atoms with E-state index < -0.39 is 11.6 Å². The molecule has 2 aromatic carbocycles. The van der Waals surface area contributed by atoms with Gasteiger partial charge in [-0.3, -0.25) is 0 Å². The minimum atomic E-state index is -0.823. The van der Waals surface area contributed by atoms with E-state index in [4.69, 9.17) is 5.73 Å². The molecule has 0 spiro atoms. The Morgan fingerprint density at radius 2 is 1.45 bits per heavy atom. The first-order valence-corrected chi connectivity index (χ1v) is 6.71. The number of aryl methyl sites for hydroxylation is 2. The van der Waals surface area contributed by atoms with Gasteiger partial charge in [0.1, 0.15) is 0 Å². The summed E-state index contributed by atoms with van der Waals surface area (Å²) in [4.78, 5) is 0. The van der Waals surface area contributed by atoms with E-state index in [0.717, 1.165) is 18.1 Å². The molecule has 0 bridgehead atoms. The first-order valence-electron chi connectivity index (χ1n) is 6.71. The summed E-state index contributed by atoms with van der Waals surface area (Å²) in [5.41, 5.74) is 10.5. The number of hydrogen-bond donors (Lipinski definition) is 1. The van der Waals surface area contributed by atoms with Gasteiger partial charge in [0.25, 0.3) is 0 Å². The lowest BCUT2D eigenvalue weighted by molar-refractivity contribution is 0.506. The molecule has 1 nitrogen and oxygen atoms in total. The van der Waals surface area contributed by atoms with Gasteiger partial charge in [-0.25, -0.2) is 8.78 Å². The molecule has 0 radical (unpaired) electrons. The topological polar surface area (TPSA) is 26.0 Å². The smallest absolute Gasteiger partial charge is 0.159 e. The van der Waals surface area contributed by atoms with Crippen molar-refractivity contribution in [3.63, 3.8) is 0 Å². The van der Waals surface area contributed by atoms with Crippen LogP contribution in [0.25, 0.3) is 0 Å². The molecular formula is C17H19F2N. The molecular weight excluding hydrogens is 256 g/mol. The van der Waals surface area contributed by atoms with Crippen LogP contribution in [0.4, 0.5) is 8.78 Å². The van der Waals surface area contributed by atoms with Crippen molar-refractivity contribution in [2.45, 2.75) is 32.7 Å². The number of nitrogens with two attached hydrogens (primary N) is 1. The predicted molar refractivity (Wildman–Crippen MR) is 77.7 cm³/mol. The van der Waals surface area contributed by atoms with Gasteiger partial charge in [0.05, 0.1) is 0 Å². The summed E-state index contributed by atoms with van der Waals surface area (Å²) >= 11 is 0. The molecule has 106 valence electrons. The van der Waals surface area contributed by atoms with Crippen LogP contribution in [-0.4, -0.2) is 6.04 Å². The molecule has 2 N–H and O–H groups in total. The quantitative estimate of drug-likeness (QED) is 0.904. The summed E-state index contributed by atoms with van der Waals surface area (Å²) in [5, 5.41) is 0. The predicted octanol–water partition coefficient (Wildman–Crippen LogP) is 3.69. The Bertz CT molecular complexity index is 554. The van der Waals surface area contributed by atoms with Crippen molar-refractivity contribution in [3.05, 3.63) is 70.3 Å². The summed E-state index contributed by atoms with van der Waals surface area (Å²) in [6, 6.07) is 10.1. The van der Waals surface area contributed by atoms with E-state index in [9.17, 15) is 8.78 Å². The lowest BCUT2D eigenvalue weighted by Gasteiger charge is -2.13. The Hall–Kier alpha value is -1.74. The molecule has 0 aliphatic carbocycles. The average molecular weight is 275 g/mol. The molecule has 3 heteroatoms. The zero-order valence-corrected chi connectivity index (χ0v) is 11.8. The van der Waals surface area contributed by atoms with E-state index in [0.29, 0.717) is 6.42 Å². The van der Waals surface area contributed by atoms with Crippen molar-refractivity contribution in [2.75, 3.05) is 0 Å². The van der Waals surface area contributed by atoms with Gasteiger partial charge in [-0.1, -0.05) is 24.3 Å². The number of benzene rings is 2. The monoisotopic (exact) mass is 275 g/mol. The Balaban J connectivity index is 2.02. The molecule has 0 aliphatic rings. The van der Waals surface area contributed by atoms with Crippen LogP contribution in [0.2, 0.25) is 0 Å². The maximum Gasteiger partial charge on any atom is 0.159 e. The fraction of sp³-hybridized carbons (Fsp3) is 0.294. The standard InChI is InChI=1S/C17H19F2N/c1-11-3-4-13(7-12(11)2)8-15(20)9-14-5-6-16(18)17(19)10-14/h3-7,10,15H,8-9,20H2,1-2H3. The largest absolute Gasteiger partial charge is 0.327 e. The van der Waals surface area contributed by atoms with Gasteiger partial charge in [-0.15, -0.1) is 0 Å². The highest BCUT2D eigenvalue weighted by Crippen LogP contribution is 2.14. The second kappa shape index (κ2) is 6.14. The molecule has 0 saturated heterocycles. The van der Waals surface area contributed by atoms with Crippen molar-refractivity contribution in [1.29, 1.82) is 0 Å². The highest BCUT2D eigenvalue weighted by atomic mass is 19.2. The zero-order chi connectivity index (χ0) is 14.7. The van der Waals surface area contributed by atoms with E-state index in [1.54, 1.807) is 6.07 Å². The van der Waals surface area contributed by atoms with Crippen molar-refractivity contribution >= 4 is 0 Å². The minimum absolute atomic E-state index is 0.109. The van der Waals surface area contributed by atoms with Crippen LogP contribution < -0.4 is 5.73 Å². The van der Waals surface area contributed by atoms with Crippen LogP contribution >= 0.6 is 0 Å². The highest BCUT2D eigenvalue weighted by molar-refractivity contribution is 5.30. The van der Waals surface area contributed by atoms with E-state index in [1.165, 1.54) is 22.8 Å². The van der Waals surface area contributed by atoms with E-state index in [1.807, 2.05) is 0 Å². The Labute approximate surface area is 118 Å². The van der Waals surface area contributed by atoms with Crippen molar-refractivity contribution in [3.8, 4) is 0 Å². The number of rotatable bonds is 4. The number of halogens is 2. The van der Waals surface area contributed by atoms with Gasteiger partial charge < -0.3 is 5.73 Å². The summed E-state index contributed by atoms with van der Waals surface area (Å²) in [6.45, 7) is 4.14. The van der Waals surface area contributed by atoms with Crippen LogP contribution in [-0.2, 0) is 12.8 Å². The third-order valence-electron chi connectivity index (χ3n) is 3.55. The second-order valence-corrected chi connectivity index (χ2v) is 5.34. The molecule has 2 aromatic rings. The highest BCUT2D eigenvalue weighted by Gasteiger charge is 2.09. The molecule has 1 atom stereocenters. The maximum atomic E-state index is 13.1. The van der Waals surface area contributed by atoms with E-state index in [2.05, 4.69) is 32.0 Å². The fourth-order valence-electron chi connectivity index (χ4n) is 2.27. The molecule has 0 aliphatic heterocycles. The maximum absolute atomic E-state index is 13.1. The summed E-state index contributed by atoms with van der Waals surface area (Å²) in [6.07, 6.45) is 1.25. The molecule has 0 fully saturated rings. The minimum Gasteiger partial charge on any atom is -0.327 e. The van der Waals surface area contributed by atoms with Crippen LogP contribution in [0.1, 0.15) is 22.3 Å². The zero-order valence-electron chi connectivity index (χ0n) is 11.8. The van der Waals surface area contributed by atoms with Crippen LogP contribution in [0, 0.1) is 25.5 Å². The number of hydrogen-bond acceptors (Lipinski definition) is 1. The molecule has 0 amide bonds. The molecule has 0 heterocycles. The van der Waals surface area contributed by atoms with Crippen LogP contribution in [0.3, 0.4) is 0 Å². The van der Waals surface area contributed by atoms with Gasteiger partial charge in [0.15, 0.2) is 11.6 Å². The summed E-state index contributed by atoms with van der Waals surface area (Å²) in [5.74, 6) is -1.64. The van der Waals surface area contributed by atoms with E-state index >= 15 is 0 Å². The normalized spacial score (nSPS) is 12.4. The van der Waals surface area contributed by atoms with Crippen molar-refractivity contribution < 1.29 is 8.78 Å². The van der Waals surface area contributed by atoms with E-state index in [-0.39, 0.29) is 6.04 Å². The first-order chi connectivity index (χ1) is 9.45. The Kier molecular flexibility index (Phi) is 4.50.